The summed E-state index contributed by atoms with van der Waals surface area (Å²) in [6, 6.07) is 3.48. The Hall–Kier alpha value is -1.17. The van der Waals surface area contributed by atoms with Crippen LogP contribution in [0.15, 0.2) is 24.8 Å². The maximum Gasteiger partial charge on any atom is 0.251 e. The second-order valence-corrected chi connectivity index (χ2v) is 4.40. The lowest BCUT2D eigenvalue weighted by molar-refractivity contribution is 0.0951. The van der Waals surface area contributed by atoms with Gasteiger partial charge in [0.05, 0.1) is 5.56 Å². The Morgan fingerprint density at radius 2 is 2.06 bits per heavy atom. The fourth-order valence-electron chi connectivity index (χ4n) is 1.43. The van der Waals surface area contributed by atoms with Gasteiger partial charge >= 0.3 is 0 Å². The molecular weight excluding hydrogens is 317 g/mol. The Bertz CT molecular complexity index is 466. The van der Waals surface area contributed by atoms with Gasteiger partial charge in [-0.05, 0) is 53.3 Å². The quantitative estimate of drug-likeness (QED) is 0.526. The second kappa shape index (κ2) is 5.25. The molecule has 0 saturated carbocycles. The Morgan fingerprint density at radius 1 is 1.44 bits per heavy atom. The number of hydrogen-bond acceptors (Lipinski definition) is 2. The van der Waals surface area contributed by atoms with Gasteiger partial charge in [0.1, 0.15) is 0 Å². The predicted molar refractivity (Wildman–Crippen MR) is 71.8 cm³/mol. The molecule has 0 spiro atoms. The number of ketones is 1. The molecular formula is C12H12INO2. The Labute approximate surface area is 108 Å². The van der Waals surface area contributed by atoms with Crippen molar-refractivity contribution >= 4 is 34.3 Å². The number of nitrogens with one attached hydrogen (secondary N) is 1. The van der Waals surface area contributed by atoms with Gasteiger partial charge in [0, 0.05) is 16.2 Å². The molecule has 0 aliphatic rings. The van der Waals surface area contributed by atoms with Gasteiger partial charge in [0.2, 0.25) is 0 Å². The van der Waals surface area contributed by atoms with Crippen molar-refractivity contribution in [3.63, 3.8) is 0 Å². The normalized spacial score (nSPS) is 9.69. The zero-order valence-electron chi connectivity index (χ0n) is 9.13. The molecule has 0 radical (unpaired) electrons. The third kappa shape index (κ3) is 2.32. The van der Waals surface area contributed by atoms with Crippen molar-refractivity contribution in [3.8, 4) is 0 Å². The number of hydrogen-bond donors (Lipinski definition) is 1. The zero-order valence-corrected chi connectivity index (χ0v) is 11.3. The minimum absolute atomic E-state index is 0.227. The van der Waals surface area contributed by atoms with Gasteiger partial charge in [0.25, 0.3) is 5.91 Å². The second-order valence-electron chi connectivity index (χ2n) is 3.24. The number of rotatable bonds is 3. The summed E-state index contributed by atoms with van der Waals surface area (Å²) in [5, 5.41) is 2.52. The third-order valence-corrected chi connectivity index (χ3v) is 3.47. The SMILES string of the molecule is C=CC(=O)c1c(C(=O)NC)ccc(I)c1C. The Kier molecular flexibility index (Phi) is 4.23. The van der Waals surface area contributed by atoms with Gasteiger partial charge in [-0.25, -0.2) is 0 Å². The number of allylic oxidation sites excluding steroid dienone is 1. The van der Waals surface area contributed by atoms with Crippen LogP contribution in [0.25, 0.3) is 0 Å². The molecule has 4 heteroatoms. The van der Waals surface area contributed by atoms with Crippen LogP contribution in [0.2, 0.25) is 0 Å². The van der Waals surface area contributed by atoms with E-state index in [1.54, 1.807) is 6.07 Å². The van der Waals surface area contributed by atoms with E-state index < -0.39 is 0 Å². The average molecular weight is 329 g/mol. The molecule has 3 nitrogen and oxygen atoms in total. The third-order valence-electron chi connectivity index (χ3n) is 2.30. The number of benzene rings is 1. The number of carbonyl (C=O) groups excluding carboxylic acids is 2. The first-order chi connectivity index (χ1) is 7.52. The summed E-state index contributed by atoms with van der Waals surface area (Å²) in [6.07, 6.45) is 1.23. The first kappa shape index (κ1) is 12.9. The lowest BCUT2D eigenvalue weighted by atomic mass is 9.97. The summed E-state index contributed by atoms with van der Waals surface area (Å²) >= 11 is 2.13. The molecule has 1 aromatic rings. The monoisotopic (exact) mass is 329 g/mol. The molecule has 0 bridgehead atoms. The van der Waals surface area contributed by atoms with Crippen molar-refractivity contribution in [2.75, 3.05) is 7.05 Å². The predicted octanol–water partition coefficient (Wildman–Crippen LogP) is 2.33. The van der Waals surface area contributed by atoms with Crippen molar-refractivity contribution in [2.24, 2.45) is 0 Å². The fourth-order valence-corrected chi connectivity index (χ4v) is 1.88. The van der Waals surface area contributed by atoms with Crippen molar-refractivity contribution in [1.29, 1.82) is 0 Å². The fraction of sp³-hybridized carbons (Fsp3) is 0.167. The molecule has 0 fully saturated rings. The van der Waals surface area contributed by atoms with Crippen molar-refractivity contribution in [3.05, 3.63) is 45.0 Å². The highest BCUT2D eigenvalue weighted by atomic mass is 127. The standard InChI is InChI=1S/C12H12INO2/c1-4-10(15)11-7(2)9(13)6-5-8(11)12(16)14-3/h4-6H,1H2,2-3H3,(H,14,16). The lowest BCUT2D eigenvalue weighted by Crippen LogP contribution is -2.21. The first-order valence-corrected chi connectivity index (χ1v) is 5.78. The number of carbonyl (C=O) groups is 2. The number of amides is 1. The van der Waals surface area contributed by atoms with E-state index in [-0.39, 0.29) is 11.7 Å². The van der Waals surface area contributed by atoms with Crippen LogP contribution in [-0.2, 0) is 0 Å². The molecule has 16 heavy (non-hydrogen) atoms. The van der Waals surface area contributed by atoms with Gasteiger partial charge in [-0.1, -0.05) is 6.58 Å². The Morgan fingerprint density at radius 3 is 2.56 bits per heavy atom. The zero-order chi connectivity index (χ0) is 12.3. The summed E-state index contributed by atoms with van der Waals surface area (Å²) in [4.78, 5) is 23.3. The van der Waals surface area contributed by atoms with Crippen LogP contribution in [0.4, 0.5) is 0 Å². The topological polar surface area (TPSA) is 46.2 Å². The molecule has 0 atom stereocenters. The van der Waals surface area contributed by atoms with E-state index in [2.05, 4.69) is 34.5 Å². The van der Waals surface area contributed by atoms with Crippen LogP contribution in [0, 0.1) is 10.5 Å². The highest BCUT2D eigenvalue weighted by Crippen LogP contribution is 2.21. The van der Waals surface area contributed by atoms with E-state index >= 15 is 0 Å². The van der Waals surface area contributed by atoms with Crippen LogP contribution < -0.4 is 5.32 Å². The smallest absolute Gasteiger partial charge is 0.251 e. The van der Waals surface area contributed by atoms with Crippen molar-refractivity contribution in [2.45, 2.75) is 6.92 Å². The molecule has 1 rings (SSSR count). The van der Waals surface area contributed by atoms with Crippen LogP contribution in [0.1, 0.15) is 26.3 Å². The van der Waals surface area contributed by atoms with E-state index in [1.165, 1.54) is 13.1 Å². The molecule has 84 valence electrons. The van der Waals surface area contributed by atoms with Crippen LogP contribution >= 0.6 is 22.6 Å². The van der Waals surface area contributed by atoms with Gasteiger partial charge in [0.15, 0.2) is 5.78 Å². The molecule has 0 saturated heterocycles. The van der Waals surface area contributed by atoms with Crippen molar-refractivity contribution in [1.82, 2.24) is 5.32 Å². The van der Waals surface area contributed by atoms with Crippen LogP contribution in [-0.4, -0.2) is 18.7 Å². The van der Waals surface area contributed by atoms with E-state index in [0.717, 1.165) is 9.13 Å². The van der Waals surface area contributed by atoms with E-state index in [0.29, 0.717) is 11.1 Å². The first-order valence-electron chi connectivity index (χ1n) is 4.70. The lowest BCUT2D eigenvalue weighted by Gasteiger charge is -2.10. The van der Waals surface area contributed by atoms with Crippen molar-refractivity contribution < 1.29 is 9.59 Å². The molecule has 1 N–H and O–H groups in total. The number of halogens is 1. The van der Waals surface area contributed by atoms with Gasteiger partial charge in [-0.3, -0.25) is 9.59 Å². The van der Waals surface area contributed by atoms with E-state index in [1.807, 2.05) is 13.0 Å². The van der Waals surface area contributed by atoms with E-state index in [9.17, 15) is 9.59 Å². The molecule has 0 unspecified atom stereocenters. The highest BCUT2D eigenvalue weighted by molar-refractivity contribution is 14.1. The Balaban J connectivity index is 3.50. The highest BCUT2D eigenvalue weighted by Gasteiger charge is 2.18. The van der Waals surface area contributed by atoms with Gasteiger partial charge in [-0.15, -0.1) is 0 Å². The summed E-state index contributed by atoms with van der Waals surface area (Å²) in [5.74, 6) is -0.487. The molecule has 0 aliphatic heterocycles. The van der Waals surface area contributed by atoms with Gasteiger partial charge in [-0.2, -0.15) is 0 Å². The minimum Gasteiger partial charge on any atom is -0.355 e. The van der Waals surface area contributed by atoms with Crippen LogP contribution in [0.3, 0.4) is 0 Å². The molecule has 1 aromatic carbocycles. The summed E-state index contributed by atoms with van der Waals surface area (Å²) < 4.78 is 0.954. The maximum atomic E-state index is 11.7. The van der Waals surface area contributed by atoms with Gasteiger partial charge < -0.3 is 5.32 Å². The average Bonchev–Trinajstić information content (AvgIpc) is 2.30. The maximum absolute atomic E-state index is 11.7. The summed E-state index contributed by atoms with van der Waals surface area (Å²) in [6.45, 7) is 5.27. The molecule has 0 heterocycles. The largest absolute Gasteiger partial charge is 0.355 e. The molecule has 0 aromatic heterocycles. The van der Waals surface area contributed by atoms with E-state index in [4.69, 9.17) is 0 Å². The molecule has 1 amide bonds. The minimum atomic E-state index is -0.260. The summed E-state index contributed by atoms with van der Waals surface area (Å²) in [5.41, 5.74) is 1.64. The van der Waals surface area contributed by atoms with Crippen LogP contribution in [0.5, 0.6) is 0 Å². The summed E-state index contributed by atoms with van der Waals surface area (Å²) in [7, 11) is 1.54. The molecule has 0 aliphatic carbocycles.